The van der Waals surface area contributed by atoms with Crippen molar-refractivity contribution in [1.29, 1.82) is 0 Å². The number of hydrogen-bond donors (Lipinski definition) is 2. The summed E-state index contributed by atoms with van der Waals surface area (Å²) in [7, 11) is -3.14. The zero-order valence-electron chi connectivity index (χ0n) is 14.7. The van der Waals surface area contributed by atoms with E-state index in [1.165, 1.54) is 0 Å². The number of carbonyl (C=O) groups excluding carboxylic acids is 1. The van der Waals surface area contributed by atoms with E-state index in [4.69, 9.17) is 5.73 Å². The first-order valence-electron chi connectivity index (χ1n) is 8.79. The maximum absolute atomic E-state index is 12.6. The molecule has 5 nitrogen and oxygen atoms in total. The van der Waals surface area contributed by atoms with Crippen LogP contribution in [0.3, 0.4) is 0 Å². The predicted octanol–water partition coefficient (Wildman–Crippen LogP) is 3.42. The Morgan fingerprint density at radius 3 is 2.60 bits per heavy atom. The molecule has 3 N–H and O–H groups in total. The molecule has 7 heteroatoms. The van der Waals surface area contributed by atoms with Gasteiger partial charge in [0.05, 0.1) is 17.0 Å². The van der Waals surface area contributed by atoms with Crippen molar-refractivity contribution in [2.24, 2.45) is 5.73 Å². The van der Waals surface area contributed by atoms with Crippen molar-refractivity contribution in [3.05, 3.63) is 29.8 Å². The van der Waals surface area contributed by atoms with Crippen LogP contribution < -0.4 is 11.1 Å². The zero-order chi connectivity index (χ0) is 17.6. The molecule has 1 aromatic carbocycles. The molecule has 0 heterocycles. The van der Waals surface area contributed by atoms with Crippen LogP contribution in [-0.2, 0) is 20.4 Å². The third-order valence-electron chi connectivity index (χ3n) is 4.56. The summed E-state index contributed by atoms with van der Waals surface area (Å²) >= 11 is 0. The third-order valence-corrected chi connectivity index (χ3v) is 6.78. The minimum absolute atomic E-state index is 0. The Labute approximate surface area is 157 Å². The average Bonchev–Trinajstić information content (AvgIpc) is 2.56. The predicted molar refractivity (Wildman–Crippen MR) is 105 cm³/mol. The smallest absolute Gasteiger partial charge is 0.241 e. The molecule has 0 bridgehead atoms. The third kappa shape index (κ3) is 6.60. The molecule has 0 saturated heterocycles. The van der Waals surface area contributed by atoms with Gasteiger partial charge in [-0.05, 0) is 37.0 Å². The SMILES string of the molecule is CCCC(N)C(=O)Nc1cccc(CS(=O)(=O)C2CCCCC2)c1.Cl. The first-order valence-corrected chi connectivity index (χ1v) is 10.5. The molecule has 1 saturated carbocycles. The van der Waals surface area contributed by atoms with Crippen LogP contribution in [-0.4, -0.2) is 25.6 Å². The van der Waals surface area contributed by atoms with E-state index in [9.17, 15) is 13.2 Å². The van der Waals surface area contributed by atoms with Gasteiger partial charge in [0.25, 0.3) is 0 Å². The van der Waals surface area contributed by atoms with Crippen LogP contribution in [0.1, 0.15) is 57.4 Å². The molecule has 1 unspecified atom stereocenters. The topological polar surface area (TPSA) is 89.3 Å². The highest BCUT2D eigenvalue weighted by Gasteiger charge is 2.27. The van der Waals surface area contributed by atoms with Crippen LogP contribution >= 0.6 is 12.4 Å². The summed E-state index contributed by atoms with van der Waals surface area (Å²) in [6, 6.07) is 6.52. The summed E-state index contributed by atoms with van der Waals surface area (Å²) in [5.74, 6) is -0.202. The molecule has 0 aromatic heterocycles. The Morgan fingerprint density at radius 1 is 1.28 bits per heavy atom. The van der Waals surface area contributed by atoms with Crippen LogP contribution in [0, 0.1) is 0 Å². The number of benzene rings is 1. The minimum Gasteiger partial charge on any atom is -0.325 e. The molecule has 1 aliphatic rings. The quantitative estimate of drug-likeness (QED) is 0.748. The molecular formula is C18H29ClN2O3S. The molecule has 1 atom stereocenters. The molecule has 25 heavy (non-hydrogen) atoms. The van der Waals surface area contributed by atoms with Crippen LogP contribution in [0.15, 0.2) is 24.3 Å². The highest BCUT2D eigenvalue weighted by atomic mass is 35.5. The molecule has 142 valence electrons. The van der Waals surface area contributed by atoms with E-state index in [2.05, 4.69) is 5.32 Å². The number of carbonyl (C=O) groups is 1. The van der Waals surface area contributed by atoms with E-state index in [-0.39, 0.29) is 29.3 Å². The van der Waals surface area contributed by atoms with E-state index >= 15 is 0 Å². The summed E-state index contributed by atoms with van der Waals surface area (Å²) in [5, 5.41) is 2.55. The van der Waals surface area contributed by atoms with E-state index in [0.29, 0.717) is 17.7 Å². The van der Waals surface area contributed by atoms with Gasteiger partial charge in [-0.15, -0.1) is 12.4 Å². The second-order valence-corrected chi connectivity index (χ2v) is 8.93. The average molecular weight is 389 g/mol. The highest BCUT2D eigenvalue weighted by Crippen LogP contribution is 2.26. The van der Waals surface area contributed by atoms with E-state index < -0.39 is 15.9 Å². The minimum atomic E-state index is -3.14. The molecular weight excluding hydrogens is 360 g/mol. The van der Waals surface area contributed by atoms with Gasteiger partial charge in [0.1, 0.15) is 0 Å². The fraction of sp³-hybridized carbons (Fsp3) is 0.611. The molecule has 2 rings (SSSR count). The van der Waals surface area contributed by atoms with Crippen molar-refractivity contribution in [2.75, 3.05) is 5.32 Å². The maximum atomic E-state index is 12.6. The van der Waals surface area contributed by atoms with Gasteiger partial charge < -0.3 is 11.1 Å². The lowest BCUT2D eigenvalue weighted by atomic mass is 10.0. The Balaban J connectivity index is 0.00000312. The van der Waals surface area contributed by atoms with Gasteiger partial charge in [-0.2, -0.15) is 0 Å². The van der Waals surface area contributed by atoms with Crippen molar-refractivity contribution in [1.82, 2.24) is 0 Å². The summed E-state index contributed by atoms with van der Waals surface area (Å²) in [5.41, 5.74) is 7.12. The summed E-state index contributed by atoms with van der Waals surface area (Å²) in [6.45, 7) is 1.98. The van der Waals surface area contributed by atoms with Crippen molar-refractivity contribution >= 4 is 33.8 Å². The molecule has 1 amide bonds. The maximum Gasteiger partial charge on any atom is 0.241 e. The number of nitrogens with one attached hydrogen (secondary N) is 1. The summed E-state index contributed by atoms with van der Waals surface area (Å²) in [6.07, 6.45) is 6.13. The summed E-state index contributed by atoms with van der Waals surface area (Å²) in [4.78, 5) is 12.0. The highest BCUT2D eigenvalue weighted by molar-refractivity contribution is 7.91. The number of anilines is 1. The Bertz CT molecular complexity index is 658. The summed E-state index contributed by atoms with van der Waals surface area (Å²) < 4.78 is 25.1. The van der Waals surface area contributed by atoms with Crippen molar-refractivity contribution in [3.8, 4) is 0 Å². The monoisotopic (exact) mass is 388 g/mol. The normalized spacial score (nSPS) is 16.7. The Kier molecular flexibility index (Phi) is 8.89. The number of nitrogens with two attached hydrogens (primary N) is 1. The van der Waals surface area contributed by atoms with Crippen LogP contribution in [0.5, 0.6) is 0 Å². The second kappa shape index (κ2) is 10.1. The number of hydrogen-bond acceptors (Lipinski definition) is 4. The molecule has 0 radical (unpaired) electrons. The van der Waals surface area contributed by atoms with Gasteiger partial charge in [-0.25, -0.2) is 8.42 Å². The van der Waals surface area contributed by atoms with E-state index in [1.54, 1.807) is 24.3 Å². The van der Waals surface area contributed by atoms with Gasteiger partial charge in [-0.1, -0.05) is 44.7 Å². The van der Waals surface area contributed by atoms with Crippen molar-refractivity contribution in [3.63, 3.8) is 0 Å². The number of halogens is 1. The molecule has 0 spiro atoms. The van der Waals surface area contributed by atoms with Crippen LogP contribution in [0.25, 0.3) is 0 Å². The van der Waals surface area contributed by atoms with E-state index in [1.807, 2.05) is 6.92 Å². The first kappa shape index (κ1) is 21.9. The van der Waals surface area contributed by atoms with Gasteiger partial charge in [0, 0.05) is 5.69 Å². The molecule has 1 fully saturated rings. The van der Waals surface area contributed by atoms with Crippen molar-refractivity contribution in [2.45, 2.75) is 68.9 Å². The van der Waals surface area contributed by atoms with Gasteiger partial charge >= 0.3 is 0 Å². The van der Waals surface area contributed by atoms with Gasteiger partial charge in [0.2, 0.25) is 5.91 Å². The molecule has 0 aliphatic heterocycles. The first-order chi connectivity index (χ1) is 11.4. The lowest BCUT2D eigenvalue weighted by Crippen LogP contribution is -2.35. The Hall–Kier alpha value is -1.11. The standard InChI is InChI=1S/C18H28N2O3S.ClH/c1-2-7-17(19)18(21)20-15-9-6-8-14(12-15)13-24(22,23)16-10-4-3-5-11-16;/h6,8-9,12,16-17H,2-5,7,10-11,13,19H2,1H3,(H,20,21);1H. The van der Waals surface area contributed by atoms with Crippen LogP contribution in [0.4, 0.5) is 5.69 Å². The Morgan fingerprint density at radius 2 is 1.96 bits per heavy atom. The molecule has 1 aromatic rings. The van der Waals surface area contributed by atoms with Crippen molar-refractivity contribution < 1.29 is 13.2 Å². The second-order valence-electron chi connectivity index (χ2n) is 6.65. The number of sulfone groups is 1. The zero-order valence-corrected chi connectivity index (χ0v) is 16.4. The lowest BCUT2D eigenvalue weighted by Gasteiger charge is -2.21. The fourth-order valence-electron chi connectivity index (χ4n) is 3.19. The number of rotatable bonds is 7. The van der Waals surface area contributed by atoms with Gasteiger partial charge in [-0.3, -0.25) is 4.79 Å². The lowest BCUT2D eigenvalue weighted by molar-refractivity contribution is -0.117. The molecule has 1 aliphatic carbocycles. The largest absolute Gasteiger partial charge is 0.325 e. The van der Waals surface area contributed by atoms with Gasteiger partial charge in [0.15, 0.2) is 9.84 Å². The van der Waals surface area contributed by atoms with E-state index in [0.717, 1.165) is 38.5 Å². The van der Waals surface area contributed by atoms with Crippen LogP contribution in [0.2, 0.25) is 0 Å². The fourth-order valence-corrected chi connectivity index (χ4v) is 5.12. The number of amides is 1.